The number of aromatic amines is 1. The van der Waals surface area contributed by atoms with Gasteiger partial charge in [0.1, 0.15) is 18.3 Å². The van der Waals surface area contributed by atoms with Gasteiger partial charge in [0.05, 0.1) is 12.9 Å². The molecule has 2 fully saturated rings. The third kappa shape index (κ3) is 4.42. The molecule has 0 bridgehead atoms. The predicted octanol–water partition coefficient (Wildman–Crippen LogP) is -0.176. The molecule has 0 amide bonds. The fourth-order valence-corrected chi connectivity index (χ4v) is 4.60. The minimum absolute atomic E-state index is 0.0258. The summed E-state index contributed by atoms with van der Waals surface area (Å²) in [5, 5.41) is 9.35. The molecule has 13 nitrogen and oxygen atoms in total. The molecule has 0 aliphatic carbocycles. The first-order chi connectivity index (χ1) is 14.2. The van der Waals surface area contributed by atoms with Crippen LogP contribution in [0.2, 0.25) is 0 Å². The predicted molar refractivity (Wildman–Crippen MR) is 107 cm³/mol. The number of anilines is 1. The average Bonchev–Trinajstić information content (AvgIpc) is 3.34. The molecule has 4 heterocycles. The monoisotopic (exact) mass is 446 g/mol. The van der Waals surface area contributed by atoms with E-state index in [0.29, 0.717) is 0 Å². The zero-order valence-electron chi connectivity index (χ0n) is 17.0. The molecule has 1 unspecified atom stereocenters. The Morgan fingerprint density at radius 2 is 1.90 bits per heavy atom. The molecule has 2 aromatic rings. The van der Waals surface area contributed by atoms with Crippen LogP contribution in [0, 0.1) is 0 Å². The molecule has 4 rings (SSSR count). The van der Waals surface area contributed by atoms with Crippen molar-refractivity contribution < 1.29 is 28.3 Å². The van der Waals surface area contributed by atoms with Gasteiger partial charge in [-0.3, -0.25) is 23.4 Å². The standard InChI is InChI=1S/C10H12N5O7P.C6H15N/c11-10-13-7-4(8(17)14-10)12-2-15(7)9-6-5(3(1-16)20-9)21-23(18,19)22-6;1-4-7(5-2)6-3/h2-3,5-6,9,16H,1H2,(H,18,19)(H3,11,13,14,17);4-6H2,1-3H3/t3-,5-,6-,9-;/m1./s1. The van der Waals surface area contributed by atoms with Gasteiger partial charge in [-0.15, -0.1) is 0 Å². The van der Waals surface area contributed by atoms with Crippen LogP contribution in [0.25, 0.3) is 11.2 Å². The van der Waals surface area contributed by atoms with Crippen LogP contribution in [-0.4, -0.2) is 79.0 Å². The second kappa shape index (κ2) is 9.10. The van der Waals surface area contributed by atoms with E-state index in [4.69, 9.17) is 19.5 Å². The lowest BCUT2D eigenvalue weighted by molar-refractivity contribution is -0.0589. The van der Waals surface area contributed by atoms with Gasteiger partial charge < -0.3 is 25.4 Å². The Hall–Kier alpha value is -1.86. The van der Waals surface area contributed by atoms with Crippen molar-refractivity contribution in [2.24, 2.45) is 0 Å². The smallest absolute Gasteiger partial charge is 0.394 e. The first-order valence-electron chi connectivity index (χ1n) is 9.65. The highest BCUT2D eigenvalue weighted by atomic mass is 31.2. The van der Waals surface area contributed by atoms with E-state index in [1.165, 1.54) is 30.5 Å². The average molecular weight is 446 g/mol. The van der Waals surface area contributed by atoms with Crippen LogP contribution >= 0.6 is 7.82 Å². The van der Waals surface area contributed by atoms with E-state index in [0.717, 1.165) is 0 Å². The number of hydrogen-bond donors (Lipinski definition) is 4. The summed E-state index contributed by atoms with van der Waals surface area (Å²) >= 11 is 0. The largest absolute Gasteiger partial charge is 0.473 e. The number of rotatable bonds is 5. The van der Waals surface area contributed by atoms with Crippen LogP contribution in [0.3, 0.4) is 0 Å². The summed E-state index contributed by atoms with van der Waals surface area (Å²) < 4.78 is 28.5. The number of aliphatic hydroxyl groups is 1. The summed E-state index contributed by atoms with van der Waals surface area (Å²) in [4.78, 5) is 33.9. The highest BCUT2D eigenvalue weighted by Gasteiger charge is 2.57. The summed E-state index contributed by atoms with van der Waals surface area (Å²) in [6, 6.07) is 0. The molecule has 5 N–H and O–H groups in total. The van der Waals surface area contributed by atoms with E-state index in [1.807, 2.05) is 0 Å². The van der Waals surface area contributed by atoms with Gasteiger partial charge in [-0.25, -0.2) is 9.55 Å². The lowest BCUT2D eigenvalue weighted by Gasteiger charge is -2.18. The van der Waals surface area contributed by atoms with Crippen LogP contribution in [0.15, 0.2) is 11.1 Å². The summed E-state index contributed by atoms with van der Waals surface area (Å²) in [7, 11) is -4.23. The number of phosphoric acid groups is 1. The minimum atomic E-state index is -4.23. The van der Waals surface area contributed by atoms with E-state index < -0.39 is 44.5 Å². The maximum absolute atomic E-state index is 11.8. The molecular formula is C16H27N6O7P. The third-order valence-electron chi connectivity index (χ3n) is 5.04. The first-order valence-corrected chi connectivity index (χ1v) is 11.1. The fraction of sp³-hybridized carbons (Fsp3) is 0.688. The molecule has 14 heteroatoms. The van der Waals surface area contributed by atoms with Crippen LogP contribution < -0.4 is 11.3 Å². The van der Waals surface area contributed by atoms with Crippen molar-refractivity contribution in [3.05, 3.63) is 16.7 Å². The minimum Gasteiger partial charge on any atom is -0.394 e. The number of imidazole rings is 1. The number of nitrogens with zero attached hydrogens (tertiary/aromatic N) is 4. The number of hydrogen-bond acceptors (Lipinski definition) is 10. The highest BCUT2D eigenvalue weighted by Crippen LogP contribution is 2.58. The Bertz CT molecular complexity index is 971. The van der Waals surface area contributed by atoms with Crippen molar-refractivity contribution in [2.75, 3.05) is 32.0 Å². The summed E-state index contributed by atoms with van der Waals surface area (Å²) in [5.74, 6) is -0.117. The van der Waals surface area contributed by atoms with Gasteiger partial charge in [0, 0.05) is 0 Å². The van der Waals surface area contributed by atoms with E-state index in [-0.39, 0.29) is 17.1 Å². The van der Waals surface area contributed by atoms with Crippen LogP contribution in [0.1, 0.15) is 27.0 Å². The van der Waals surface area contributed by atoms with Gasteiger partial charge in [0.2, 0.25) is 5.95 Å². The van der Waals surface area contributed by atoms with E-state index in [2.05, 4.69) is 40.6 Å². The van der Waals surface area contributed by atoms with E-state index in [9.17, 15) is 19.4 Å². The second-order valence-electron chi connectivity index (χ2n) is 6.75. The van der Waals surface area contributed by atoms with Gasteiger partial charge in [0.25, 0.3) is 5.56 Å². The van der Waals surface area contributed by atoms with E-state index >= 15 is 0 Å². The SMILES string of the molecule is CCN(CC)CC.Nc1nc2c(ncn2[C@@H]2O[C@H](CO)[C@H]3OP(=O)(O)O[C@H]32)c(=O)[nH]1. The summed E-state index contributed by atoms with van der Waals surface area (Å²) in [6.45, 7) is 9.68. The van der Waals surface area contributed by atoms with Crippen molar-refractivity contribution in [1.82, 2.24) is 24.4 Å². The van der Waals surface area contributed by atoms with Gasteiger partial charge >= 0.3 is 7.82 Å². The maximum atomic E-state index is 11.8. The second-order valence-corrected chi connectivity index (χ2v) is 8.11. The molecule has 0 radical (unpaired) electrons. The van der Waals surface area contributed by atoms with Crippen LogP contribution in [0.5, 0.6) is 0 Å². The number of aromatic nitrogens is 4. The number of fused-ring (bicyclic) bond motifs is 2. The molecule has 2 aliphatic heterocycles. The fourth-order valence-electron chi connectivity index (χ4n) is 3.45. The van der Waals surface area contributed by atoms with Crippen LogP contribution in [0.4, 0.5) is 5.95 Å². The molecule has 5 atom stereocenters. The number of nitrogens with two attached hydrogens (primary N) is 1. The lowest BCUT2D eigenvalue weighted by atomic mass is 10.1. The van der Waals surface area contributed by atoms with Crippen molar-refractivity contribution in [2.45, 2.75) is 45.3 Å². The topological polar surface area (TPSA) is 178 Å². The molecule has 0 aromatic carbocycles. The quantitative estimate of drug-likeness (QED) is 0.448. The van der Waals surface area contributed by atoms with Gasteiger partial charge in [-0.05, 0) is 19.6 Å². The molecule has 0 spiro atoms. The van der Waals surface area contributed by atoms with Crippen molar-refractivity contribution in [3.63, 3.8) is 0 Å². The number of nitrogens with one attached hydrogen (secondary N) is 1. The van der Waals surface area contributed by atoms with Gasteiger partial charge in [-0.2, -0.15) is 4.98 Å². The third-order valence-corrected chi connectivity index (χ3v) is 6.06. The molecule has 30 heavy (non-hydrogen) atoms. The number of aliphatic hydroxyl groups excluding tert-OH is 1. The molecule has 2 saturated heterocycles. The zero-order chi connectivity index (χ0) is 22.1. The summed E-state index contributed by atoms with van der Waals surface area (Å²) in [5.41, 5.74) is 5.14. The molecular weight excluding hydrogens is 419 g/mol. The van der Waals surface area contributed by atoms with Crippen molar-refractivity contribution >= 4 is 24.9 Å². The summed E-state index contributed by atoms with van der Waals surface area (Å²) in [6.07, 6.45) is -2.46. The Labute approximate surface area is 172 Å². The zero-order valence-corrected chi connectivity index (χ0v) is 17.9. The number of nitrogen functional groups attached to an aromatic ring is 1. The van der Waals surface area contributed by atoms with Crippen molar-refractivity contribution in [1.29, 1.82) is 0 Å². The van der Waals surface area contributed by atoms with Crippen molar-refractivity contribution in [3.8, 4) is 0 Å². The van der Waals surface area contributed by atoms with E-state index in [1.54, 1.807) is 0 Å². The number of ether oxygens (including phenoxy) is 1. The van der Waals surface area contributed by atoms with Gasteiger partial charge in [0.15, 0.2) is 17.4 Å². The molecule has 168 valence electrons. The first kappa shape index (κ1) is 22.8. The Morgan fingerprint density at radius 3 is 2.47 bits per heavy atom. The lowest BCUT2D eigenvalue weighted by Crippen LogP contribution is -2.30. The molecule has 2 aromatic heterocycles. The number of H-pyrrole nitrogens is 1. The Morgan fingerprint density at radius 1 is 1.27 bits per heavy atom. The Kier molecular flexibility index (Phi) is 6.92. The van der Waals surface area contributed by atoms with Crippen LogP contribution in [-0.2, 0) is 18.3 Å². The highest BCUT2D eigenvalue weighted by molar-refractivity contribution is 7.47. The normalized spacial score (nSPS) is 30.5. The van der Waals surface area contributed by atoms with Gasteiger partial charge in [-0.1, -0.05) is 20.8 Å². The Balaban J connectivity index is 0.000000318. The molecule has 2 aliphatic rings. The number of phosphoric ester groups is 1. The maximum Gasteiger partial charge on any atom is 0.473 e. The molecule has 0 saturated carbocycles.